The molecule has 0 aliphatic carbocycles. The zero-order valence-electron chi connectivity index (χ0n) is 10.9. The van der Waals surface area contributed by atoms with Crippen molar-refractivity contribution >= 4 is 11.6 Å². The van der Waals surface area contributed by atoms with Gasteiger partial charge in [-0.1, -0.05) is 29.8 Å². The highest BCUT2D eigenvalue weighted by Crippen LogP contribution is 2.23. The SMILES string of the molecule is Cc1cccc(C)c1COc1ccc(C#N)c(Cl)c1. The fourth-order valence-electron chi connectivity index (χ4n) is 1.91. The Morgan fingerprint density at radius 2 is 1.84 bits per heavy atom. The van der Waals surface area contributed by atoms with Gasteiger partial charge in [0, 0.05) is 6.07 Å². The van der Waals surface area contributed by atoms with E-state index in [4.69, 9.17) is 21.6 Å². The molecule has 2 rings (SSSR count). The van der Waals surface area contributed by atoms with Crippen molar-refractivity contribution in [3.63, 3.8) is 0 Å². The molecule has 0 aliphatic rings. The van der Waals surface area contributed by atoms with E-state index < -0.39 is 0 Å². The topological polar surface area (TPSA) is 33.0 Å². The van der Waals surface area contributed by atoms with E-state index in [0.717, 1.165) is 0 Å². The number of aryl methyl sites for hydroxylation is 2. The van der Waals surface area contributed by atoms with Crippen LogP contribution in [-0.2, 0) is 6.61 Å². The lowest BCUT2D eigenvalue weighted by Gasteiger charge is -2.11. The maximum absolute atomic E-state index is 8.81. The number of nitriles is 1. The van der Waals surface area contributed by atoms with Gasteiger partial charge in [-0.2, -0.15) is 5.26 Å². The highest BCUT2D eigenvalue weighted by Gasteiger charge is 2.05. The van der Waals surface area contributed by atoms with Gasteiger partial charge in [-0.15, -0.1) is 0 Å². The number of rotatable bonds is 3. The van der Waals surface area contributed by atoms with Gasteiger partial charge >= 0.3 is 0 Å². The van der Waals surface area contributed by atoms with Crippen molar-refractivity contribution in [2.75, 3.05) is 0 Å². The van der Waals surface area contributed by atoms with Crippen LogP contribution in [0.4, 0.5) is 0 Å². The lowest BCUT2D eigenvalue weighted by Crippen LogP contribution is -2.00. The summed E-state index contributed by atoms with van der Waals surface area (Å²) >= 11 is 5.97. The molecule has 0 amide bonds. The van der Waals surface area contributed by atoms with Crippen LogP contribution in [-0.4, -0.2) is 0 Å². The Balaban J connectivity index is 2.15. The zero-order valence-corrected chi connectivity index (χ0v) is 11.7. The molecule has 2 aromatic rings. The normalized spacial score (nSPS) is 10.0. The quantitative estimate of drug-likeness (QED) is 0.828. The maximum Gasteiger partial charge on any atom is 0.121 e. The molecule has 2 nitrogen and oxygen atoms in total. The minimum atomic E-state index is 0.418. The average Bonchev–Trinajstić information content (AvgIpc) is 2.38. The molecule has 0 atom stereocenters. The van der Waals surface area contributed by atoms with Crippen molar-refractivity contribution in [1.29, 1.82) is 5.26 Å². The predicted octanol–water partition coefficient (Wildman–Crippen LogP) is 4.41. The summed E-state index contributed by atoms with van der Waals surface area (Å²) in [7, 11) is 0. The van der Waals surface area contributed by atoms with Crippen LogP contribution in [0.5, 0.6) is 5.75 Å². The summed E-state index contributed by atoms with van der Waals surface area (Å²) in [5.41, 5.74) is 4.06. The molecule has 0 aliphatic heterocycles. The molecule has 96 valence electrons. The third-order valence-electron chi connectivity index (χ3n) is 3.09. The molecular formula is C16H14ClNO. The van der Waals surface area contributed by atoms with Gasteiger partial charge in [0.15, 0.2) is 0 Å². The van der Waals surface area contributed by atoms with Gasteiger partial charge in [-0.3, -0.25) is 0 Å². The molecule has 0 fully saturated rings. The Morgan fingerprint density at radius 1 is 1.16 bits per heavy atom. The minimum absolute atomic E-state index is 0.418. The number of hydrogen-bond donors (Lipinski definition) is 0. The first kappa shape index (κ1) is 13.5. The van der Waals surface area contributed by atoms with E-state index in [0.29, 0.717) is 22.9 Å². The minimum Gasteiger partial charge on any atom is -0.489 e. The Bertz CT molecular complexity index is 623. The highest BCUT2D eigenvalue weighted by atomic mass is 35.5. The number of nitrogens with zero attached hydrogens (tertiary/aromatic N) is 1. The Kier molecular flexibility index (Phi) is 4.09. The van der Waals surface area contributed by atoms with Crippen molar-refractivity contribution in [3.8, 4) is 11.8 Å². The molecule has 0 heterocycles. The Hall–Kier alpha value is -1.98. The van der Waals surface area contributed by atoms with Crippen molar-refractivity contribution in [2.45, 2.75) is 20.5 Å². The van der Waals surface area contributed by atoms with E-state index in [1.165, 1.54) is 16.7 Å². The van der Waals surface area contributed by atoms with E-state index in [2.05, 4.69) is 26.0 Å². The monoisotopic (exact) mass is 271 g/mol. The van der Waals surface area contributed by atoms with Crippen LogP contribution in [0, 0.1) is 25.2 Å². The molecule has 0 aromatic heterocycles. The van der Waals surface area contributed by atoms with Gasteiger partial charge < -0.3 is 4.74 Å². The molecule has 0 N–H and O–H groups in total. The molecule has 0 saturated carbocycles. The molecular weight excluding hydrogens is 258 g/mol. The summed E-state index contributed by atoms with van der Waals surface area (Å²) < 4.78 is 5.74. The summed E-state index contributed by atoms with van der Waals surface area (Å²) in [4.78, 5) is 0. The first-order chi connectivity index (χ1) is 9.11. The van der Waals surface area contributed by atoms with Gasteiger partial charge in [0.2, 0.25) is 0 Å². The van der Waals surface area contributed by atoms with Crippen molar-refractivity contribution in [2.24, 2.45) is 0 Å². The Labute approximate surface area is 118 Å². The van der Waals surface area contributed by atoms with E-state index in [1.54, 1.807) is 18.2 Å². The van der Waals surface area contributed by atoms with Crippen LogP contribution in [0.3, 0.4) is 0 Å². The van der Waals surface area contributed by atoms with Crippen LogP contribution in [0.15, 0.2) is 36.4 Å². The lowest BCUT2D eigenvalue weighted by atomic mass is 10.0. The molecule has 2 aromatic carbocycles. The number of benzene rings is 2. The van der Waals surface area contributed by atoms with Crippen LogP contribution < -0.4 is 4.74 Å². The smallest absolute Gasteiger partial charge is 0.121 e. The maximum atomic E-state index is 8.81. The van der Waals surface area contributed by atoms with Crippen LogP contribution in [0.1, 0.15) is 22.3 Å². The van der Waals surface area contributed by atoms with Crippen molar-refractivity contribution < 1.29 is 4.74 Å². The van der Waals surface area contributed by atoms with E-state index in [-0.39, 0.29) is 0 Å². The number of halogens is 1. The summed E-state index contributed by atoms with van der Waals surface area (Å²) in [5, 5.41) is 9.23. The lowest BCUT2D eigenvalue weighted by molar-refractivity contribution is 0.304. The number of ether oxygens (including phenoxy) is 1. The second-order valence-corrected chi connectivity index (χ2v) is 4.82. The van der Waals surface area contributed by atoms with Crippen LogP contribution >= 0.6 is 11.6 Å². The molecule has 0 saturated heterocycles. The fourth-order valence-corrected chi connectivity index (χ4v) is 2.12. The standard InChI is InChI=1S/C16H14ClNO/c1-11-4-3-5-12(2)15(11)10-19-14-7-6-13(9-18)16(17)8-14/h3-8H,10H2,1-2H3. The molecule has 0 radical (unpaired) electrons. The zero-order chi connectivity index (χ0) is 13.8. The van der Waals surface area contributed by atoms with E-state index in [1.807, 2.05) is 12.1 Å². The molecule has 0 unspecified atom stereocenters. The van der Waals surface area contributed by atoms with Gasteiger partial charge in [0.1, 0.15) is 18.4 Å². The van der Waals surface area contributed by atoms with Crippen molar-refractivity contribution in [1.82, 2.24) is 0 Å². The summed E-state index contributed by atoms with van der Waals surface area (Å²) in [6.07, 6.45) is 0. The van der Waals surface area contributed by atoms with E-state index >= 15 is 0 Å². The van der Waals surface area contributed by atoms with E-state index in [9.17, 15) is 0 Å². The van der Waals surface area contributed by atoms with Gasteiger partial charge in [0.05, 0.1) is 10.6 Å². The first-order valence-electron chi connectivity index (χ1n) is 5.99. The van der Waals surface area contributed by atoms with Gasteiger partial charge in [0.25, 0.3) is 0 Å². The molecule has 19 heavy (non-hydrogen) atoms. The Morgan fingerprint density at radius 3 is 2.42 bits per heavy atom. The molecule has 0 spiro atoms. The van der Waals surface area contributed by atoms with Crippen molar-refractivity contribution in [3.05, 3.63) is 63.7 Å². The van der Waals surface area contributed by atoms with Gasteiger partial charge in [-0.05, 0) is 42.7 Å². The summed E-state index contributed by atoms with van der Waals surface area (Å²) in [5.74, 6) is 0.673. The third kappa shape index (κ3) is 3.07. The average molecular weight is 272 g/mol. The van der Waals surface area contributed by atoms with Crippen LogP contribution in [0.25, 0.3) is 0 Å². The largest absolute Gasteiger partial charge is 0.489 e. The first-order valence-corrected chi connectivity index (χ1v) is 6.37. The summed E-state index contributed by atoms with van der Waals surface area (Å²) in [6.45, 7) is 4.63. The predicted molar refractivity (Wildman–Crippen MR) is 76.4 cm³/mol. The fraction of sp³-hybridized carbons (Fsp3) is 0.188. The molecule has 0 bridgehead atoms. The third-order valence-corrected chi connectivity index (χ3v) is 3.40. The molecule has 3 heteroatoms. The van der Waals surface area contributed by atoms with Gasteiger partial charge in [-0.25, -0.2) is 0 Å². The highest BCUT2D eigenvalue weighted by molar-refractivity contribution is 6.31. The second-order valence-electron chi connectivity index (χ2n) is 4.41. The second kappa shape index (κ2) is 5.77. The van der Waals surface area contributed by atoms with Crippen LogP contribution in [0.2, 0.25) is 5.02 Å². The number of hydrogen-bond acceptors (Lipinski definition) is 2. The summed E-state index contributed by atoms with van der Waals surface area (Å²) in [6, 6.07) is 13.3.